The van der Waals surface area contributed by atoms with Crippen LogP contribution in [0, 0.1) is 5.82 Å². The van der Waals surface area contributed by atoms with Crippen LogP contribution >= 0.6 is 23.4 Å². The van der Waals surface area contributed by atoms with Gasteiger partial charge < -0.3 is 4.74 Å². The maximum absolute atomic E-state index is 13.1. The highest BCUT2D eigenvalue weighted by molar-refractivity contribution is 7.98. The van der Waals surface area contributed by atoms with E-state index in [4.69, 9.17) is 16.3 Å². The summed E-state index contributed by atoms with van der Waals surface area (Å²) in [4.78, 5) is 12.7. The first-order valence-corrected chi connectivity index (χ1v) is 7.65. The Balaban J connectivity index is 2.14. The van der Waals surface area contributed by atoms with Crippen LogP contribution in [-0.4, -0.2) is 22.4 Å². The summed E-state index contributed by atoms with van der Waals surface area (Å²) in [5, 5.41) is 4.16. The van der Waals surface area contributed by atoms with E-state index in [0.717, 1.165) is 10.6 Å². The van der Waals surface area contributed by atoms with Gasteiger partial charge in [-0.2, -0.15) is 5.10 Å². The average molecular weight is 329 g/mol. The van der Waals surface area contributed by atoms with Crippen LogP contribution in [0.15, 0.2) is 29.3 Å². The smallest absolute Gasteiger partial charge is 0.341 e. The molecule has 0 fully saturated rings. The summed E-state index contributed by atoms with van der Waals surface area (Å²) in [5.74, 6) is -0.334. The molecule has 0 atom stereocenters. The van der Waals surface area contributed by atoms with Crippen molar-refractivity contribution >= 4 is 29.3 Å². The second kappa shape index (κ2) is 6.95. The third-order valence-corrected chi connectivity index (χ3v) is 4.12. The number of halogens is 2. The van der Waals surface area contributed by atoms with Gasteiger partial charge in [-0.15, -0.1) is 11.8 Å². The minimum absolute atomic E-state index is 0.0793. The van der Waals surface area contributed by atoms with E-state index in [2.05, 4.69) is 5.10 Å². The molecular weight excluding hydrogens is 315 g/mol. The summed E-state index contributed by atoms with van der Waals surface area (Å²) in [6.45, 7) is 2.07. The first-order valence-electron chi connectivity index (χ1n) is 6.28. The molecule has 0 aliphatic carbocycles. The number of rotatable bonds is 5. The molecule has 1 aromatic heterocycles. The van der Waals surface area contributed by atoms with Crippen LogP contribution in [0.1, 0.15) is 23.0 Å². The van der Waals surface area contributed by atoms with E-state index in [9.17, 15) is 9.18 Å². The monoisotopic (exact) mass is 328 g/mol. The van der Waals surface area contributed by atoms with E-state index in [1.807, 2.05) is 0 Å². The molecule has 0 spiro atoms. The third kappa shape index (κ3) is 3.77. The fourth-order valence-corrected chi connectivity index (χ4v) is 2.99. The topological polar surface area (TPSA) is 44.1 Å². The zero-order chi connectivity index (χ0) is 15.4. The normalized spacial score (nSPS) is 10.7. The van der Waals surface area contributed by atoms with Crippen molar-refractivity contribution in [3.05, 3.63) is 46.5 Å². The molecule has 0 radical (unpaired) electrons. The third-order valence-electron chi connectivity index (χ3n) is 2.82. The molecule has 7 heteroatoms. The fraction of sp³-hybridized carbons (Fsp3) is 0.286. The largest absolute Gasteiger partial charge is 0.462 e. The number of aryl methyl sites for hydroxylation is 1. The fourth-order valence-electron chi connectivity index (χ4n) is 1.73. The molecule has 2 rings (SSSR count). The molecule has 1 aromatic carbocycles. The zero-order valence-electron chi connectivity index (χ0n) is 11.6. The Kier molecular flexibility index (Phi) is 5.25. The van der Waals surface area contributed by atoms with Crippen LogP contribution in [0.4, 0.5) is 4.39 Å². The van der Waals surface area contributed by atoms with Crippen molar-refractivity contribution in [3.8, 4) is 0 Å². The van der Waals surface area contributed by atoms with Gasteiger partial charge in [-0.3, -0.25) is 4.68 Å². The molecule has 0 saturated heterocycles. The zero-order valence-corrected chi connectivity index (χ0v) is 13.2. The molecule has 4 nitrogen and oxygen atoms in total. The molecule has 0 saturated carbocycles. The number of hydrogen-bond acceptors (Lipinski definition) is 4. The van der Waals surface area contributed by atoms with E-state index in [1.54, 1.807) is 30.8 Å². The summed E-state index contributed by atoms with van der Waals surface area (Å²) in [7, 11) is 1.76. The van der Waals surface area contributed by atoms with Crippen molar-refractivity contribution < 1.29 is 13.9 Å². The molecule has 0 aliphatic heterocycles. The maximum atomic E-state index is 13.1. The predicted octanol–water partition coefficient (Wildman–Crippen LogP) is 3.68. The minimum Gasteiger partial charge on any atom is -0.462 e. The van der Waals surface area contributed by atoms with Crippen LogP contribution in [-0.2, 0) is 17.5 Å². The average Bonchev–Trinajstić information content (AvgIpc) is 2.82. The SMILES string of the molecule is CCOC(=O)c1cnn(C)c1CSc1ccc(F)c(Cl)c1. The Labute approximate surface area is 131 Å². The predicted molar refractivity (Wildman–Crippen MR) is 80.1 cm³/mol. The Morgan fingerprint density at radius 2 is 2.29 bits per heavy atom. The first kappa shape index (κ1) is 15.9. The second-order valence-corrected chi connectivity index (χ2v) is 5.67. The number of thioether (sulfide) groups is 1. The van der Waals surface area contributed by atoms with Gasteiger partial charge in [0.25, 0.3) is 0 Å². The summed E-state index contributed by atoms with van der Waals surface area (Å²) in [6.07, 6.45) is 1.49. The lowest BCUT2D eigenvalue weighted by atomic mass is 10.3. The van der Waals surface area contributed by atoms with Crippen molar-refractivity contribution in [2.75, 3.05) is 6.61 Å². The summed E-state index contributed by atoms with van der Waals surface area (Å²) < 4.78 is 19.7. The van der Waals surface area contributed by atoms with E-state index in [1.165, 1.54) is 24.0 Å². The van der Waals surface area contributed by atoms with Gasteiger partial charge in [-0.05, 0) is 25.1 Å². The Hall–Kier alpha value is -1.53. The molecule has 0 aliphatic rings. The summed E-state index contributed by atoms with van der Waals surface area (Å²) in [6, 6.07) is 4.52. The Morgan fingerprint density at radius 1 is 1.52 bits per heavy atom. The van der Waals surface area contributed by atoms with Crippen LogP contribution in [0.3, 0.4) is 0 Å². The van der Waals surface area contributed by atoms with Gasteiger partial charge in [0.2, 0.25) is 0 Å². The number of benzene rings is 1. The van der Waals surface area contributed by atoms with Gasteiger partial charge in [-0.1, -0.05) is 11.6 Å². The lowest BCUT2D eigenvalue weighted by Crippen LogP contribution is -2.08. The van der Waals surface area contributed by atoms with Crippen molar-refractivity contribution in [2.45, 2.75) is 17.6 Å². The Morgan fingerprint density at radius 3 is 2.95 bits per heavy atom. The highest BCUT2D eigenvalue weighted by Crippen LogP contribution is 2.28. The number of carbonyl (C=O) groups is 1. The van der Waals surface area contributed by atoms with Gasteiger partial charge >= 0.3 is 5.97 Å². The quantitative estimate of drug-likeness (QED) is 0.620. The summed E-state index contributed by atoms with van der Waals surface area (Å²) in [5.41, 5.74) is 1.19. The number of aromatic nitrogens is 2. The molecule has 0 unspecified atom stereocenters. The van der Waals surface area contributed by atoms with Crippen molar-refractivity contribution in [1.82, 2.24) is 9.78 Å². The van der Waals surface area contributed by atoms with Crippen LogP contribution in [0.2, 0.25) is 5.02 Å². The van der Waals surface area contributed by atoms with Gasteiger partial charge in [0.1, 0.15) is 11.4 Å². The number of ether oxygens (including phenoxy) is 1. The van der Waals surface area contributed by atoms with E-state index in [0.29, 0.717) is 17.9 Å². The lowest BCUT2D eigenvalue weighted by Gasteiger charge is -2.06. The van der Waals surface area contributed by atoms with Crippen LogP contribution < -0.4 is 0 Å². The number of nitrogens with zero attached hydrogens (tertiary/aromatic N) is 2. The van der Waals surface area contributed by atoms with Gasteiger partial charge in [-0.25, -0.2) is 9.18 Å². The highest BCUT2D eigenvalue weighted by Gasteiger charge is 2.17. The number of esters is 1. The van der Waals surface area contributed by atoms with Gasteiger partial charge in [0.05, 0.1) is 23.5 Å². The molecule has 112 valence electrons. The van der Waals surface area contributed by atoms with Crippen molar-refractivity contribution in [2.24, 2.45) is 7.05 Å². The number of hydrogen-bond donors (Lipinski definition) is 0. The molecule has 21 heavy (non-hydrogen) atoms. The van der Waals surface area contributed by atoms with Crippen molar-refractivity contribution in [3.63, 3.8) is 0 Å². The molecule has 1 heterocycles. The van der Waals surface area contributed by atoms with E-state index in [-0.39, 0.29) is 5.02 Å². The van der Waals surface area contributed by atoms with Gasteiger partial charge in [0, 0.05) is 17.7 Å². The van der Waals surface area contributed by atoms with Crippen LogP contribution in [0.25, 0.3) is 0 Å². The standard InChI is InChI=1S/C14H14ClFN2O2S/c1-3-20-14(19)10-7-17-18(2)13(10)8-21-9-4-5-12(16)11(15)6-9/h4-7H,3,8H2,1-2H3. The number of carbonyl (C=O) groups excluding carboxylic acids is 1. The molecule has 2 aromatic rings. The molecular formula is C14H14ClFN2O2S. The molecule has 0 N–H and O–H groups in total. The minimum atomic E-state index is -0.450. The van der Waals surface area contributed by atoms with Crippen molar-refractivity contribution in [1.29, 1.82) is 0 Å². The molecule has 0 bridgehead atoms. The lowest BCUT2D eigenvalue weighted by molar-refractivity contribution is 0.0525. The second-order valence-electron chi connectivity index (χ2n) is 4.21. The highest BCUT2D eigenvalue weighted by atomic mass is 35.5. The van der Waals surface area contributed by atoms with Gasteiger partial charge in [0.15, 0.2) is 0 Å². The van der Waals surface area contributed by atoms with Crippen LogP contribution in [0.5, 0.6) is 0 Å². The maximum Gasteiger partial charge on any atom is 0.341 e. The summed E-state index contributed by atoms with van der Waals surface area (Å²) >= 11 is 7.19. The Bertz CT molecular complexity index is 660. The van der Waals surface area contributed by atoms with E-state index < -0.39 is 11.8 Å². The molecule has 0 amide bonds. The first-order chi connectivity index (χ1) is 10.0. The van der Waals surface area contributed by atoms with E-state index >= 15 is 0 Å².